The van der Waals surface area contributed by atoms with Crippen LogP contribution in [0.1, 0.15) is 54.7 Å². The summed E-state index contributed by atoms with van der Waals surface area (Å²) < 4.78 is 41.0. The van der Waals surface area contributed by atoms with E-state index in [1.807, 2.05) is 18.2 Å². The molecule has 0 bridgehead atoms. The first-order valence-electron chi connectivity index (χ1n) is 12.0. The van der Waals surface area contributed by atoms with E-state index >= 15 is 0 Å². The predicted molar refractivity (Wildman–Crippen MR) is 130 cm³/mol. The van der Waals surface area contributed by atoms with E-state index < -0.39 is 10.0 Å². The molecule has 35 heavy (non-hydrogen) atoms. The average Bonchev–Trinajstić information content (AvgIpc) is 3.51. The second-order valence-corrected chi connectivity index (χ2v) is 11.3. The minimum atomic E-state index is -3.21. The first kappa shape index (κ1) is 23.7. The van der Waals surface area contributed by atoms with Crippen LogP contribution in [0, 0.1) is 5.82 Å². The smallest absolute Gasteiger partial charge is 0.271 e. The number of anilines is 1. The lowest BCUT2D eigenvalue weighted by Crippen LogP contribution is -2.47. The molecular formula is C24H29FN6O3S. The van der Waals surface area contributed by atoms with Gasteiger partial charge in [-0.05, 0) is 62.4 Å². The van der Waals surface area contributed by atoms with Crippen LogP contribution in [-0.2, 0) is 10.0 Å². The molecule has 186 valence electrons. The van der Waals surface area contributed by atoms with Gasteiger partial charge in [-0.2, -0.15) is 0 Å². The number of imidazole rings is 1. The fourth-order valence-corrected chi connectivity index (χ4v) is 6.13. The zero-order chi connectivity index (χ0) is 24.6. The molecule has 4 heterocycles. The van der Waals surface area contributed by atoms with Gasteiger partial charge in [-0.1, -0.05) is 12.1 Å². The van der Waals surface area contributed by atoms with Crippen molar-refractivity contribution in [1.29, 1.82) is 0 Å². The van der Waals surface area contributed by atoms with Crippen LogP contribution in [-0.4, -0.2) is 64.7 Å². The molecule has 0 saturated carbocycles. The maximum atomic E-state index is 13.8. The molecule has 1 N–H and O–H groups in total. The van der Waals surface area contributed by atoms with Crippen molar-refractivity contribution in [3.8, 4) is 0 Å². The molecule has 2 aliphatic rings. The fraction of sp³-hybridized carbons (Fsp3) is 0.458. The number of amides is 1. The summed E-state index contributed by atoms with van der Waals surface area (Å²) in [5, 5.41) is 7.74. The lowest BCUT2D eigenvalue weighted by Gasteiger charge is -2.31. The Hall–Kier alpha value is -3.05. The molecule has 2 aliphatic heterocycles. The number of nitrogens with zero attached hydrogens (tertiary/aromatic N) is 5. The number of benzene rings is 1. The van der Waals surface area contributed by atoms with Crippen LogP contribution in [0.3, 0.4) is 0 Å². The van der Waals surface area contributed by atoms with E-state index in [1.165, 1.54) is 16.6 Å². The Morgan fingerprint density at radius 1 is 1.14 bits per heavy atom. The molecule has 11 heteroatoms. The summed E-state index contributed by atoms with van der Waals surface area (Å²) in [5.41, 5.74) is 1.79. The Morgan fingerprint density at radius 3 is 2.69 bits per heavy atom. The van der Waals surface area contributed by atoms with Crippen molar-refractivity contribution in [3.05, 3.63) is 59.7 Å². The SMILES string of the molecule is CCS(=O)(=O)N1CCC(NC(=O)c2cnc3ccc(N4CCC[C@@H]4c4cccc(F)c4)nn23)CC1. The van der Waals surface area contributed by atoms with Crippen molar-refractivity contribution in [2.75, 3.05) is 30.3 Å². The van der Waals surface area contributed by atoms with Gasteiger partial charge in [0, 0.05) is 25.7 Å². The number of nitrogens with one attached hydrogen (secondary N) is 1. The summed E-state index contributed by atoms with van der Waals surface area (Å²) in [6.45, 7) is 3.22. The lowest BCUT2D eigenvalue weighted by atomic mass is 10.0. The van der Waals surface area contributed by atoms with Crippen LogP contribution in [0.4, 0.5) is 10.2 Å². The number of carbonyl (C=O) groups excluding carboxylic acids is 1. The third kappa shape index (κ3) is 4.74. The van der Waals surface area contributed by atoms with Gasteiger partial charge in [-0.3, -0.25) is 4.79 Å². The topological polar surface area (TPSA) is 99.9 Å². The first-order valence-corrected chi connectivity index (χ1v) is 13.6. The van der Waals surface area contributed by atoms with E-state index in [1.54, 1.807) is 23.6 Å². The molecule has 0 unspecified atom stereocenters. The average molecular weight is 501 g/mol. The van der Waals surface area contributed by atoms with Crippen molar-refractivity contribution in [2.45, 2.75) is 44.7 Å². The predicted octanol–water partition coefficient (Wildman–Crippen LogP) is 2.75. The maximum Gasteiger partial charge on any atom is 0.271 e. The van der Waals surface area contributed by atoms with Gasteiger partial charge in [-0.25, -0.2) is 26.6 Å². The zero-order valence-corrected chi connectivity index (χ0v) is 20.4. The zero-order valence-electron chi connectivity index (χ0n) is 19.6. The molecule has 2 saturated heterocycles. The normalized spacial score (nSPS) is 19.9. The monoisotopic (exact) mass is 500 g/mol. The van der Waals surface area contributed by atoms with Crippen LogP contribution >= 0.6 is 0 Å². The van der Waals surface area contributed by atoms with E-state index in [4.69, 9.17) is 5.10 Å². The number of hydrogen-bond donors (Lipinski definition) is 1. The van der Waals surface area contributed by atoms with Crippen LogP contribution in [0.15, 0.2) is 42.6 Å². The highest BCUT2D eigenvalue weighted by Crippen LogP contribution is 2.35. The maximum absolute atomic E-state index is 13.8. The minimum absolute atomic E-state index is 0.0148. The molecule has 3 aromatic rings. The second kappa shape index (κ2) is 9.54. The highest BCUT2D eigenvalue weighted by Gasteiger charge is 2.30. The van der Waals surface area contributed by atoms with Gasteiger partial charge in [-0.15, -0.1) is 5.10 Å². The molecule has 1 atom stereocenters. The Morgan fingerprint density at radius 2 is 1.94 bits per heavy atom. The van der Waals surface area contributed by atoms with Crippen molar-refractivity contribution < 1.29 is 17.6 Å². The van der Waals surface area contributed by atoms with Crippen LogP contribution in [0.2, 0.25) is 0 Å². The molecule has 2 aromatic heterocycles. The molecule has 2 fully saturated rings. The molecular weight excluding hydrogens is 471 g/mol. The number of halogens is 1. The van der Waals surface area contributed by atoms with Gasteiger partial charge < -0.3 is 10.2 Å². The third-order valence-electron chi connectivity index (χ3n) is 6.91. The number of hydrogen-bond acceptors (Lipinski definition) is 6. The van der Waals surface area contributed by atoms with Crippen LogP contribution < -0.4 is 10.2 Å². The quantitative estimate of drug-likeness (QED) is 0.559. The summed E-state index contributed by atoms with van der Waals surface area (Å²) in [6, 6.07) is 10.3. The molecule has 0 spiro atoms. The molecule has 0 radical (unpaired) electrons. The van der Waals surface area contributed by atoms with Gasteiger partial charge in [0.1, 0.15) is 11.6 Å². The van der Waals surface area contributed by atoms with Gasteiger partial charge >= 0.3 is 0 Å². The minimum Gasteiger partial charge on any atom is -0.348 e. The first-order chi connectivity index (χ1) is 16.9. The van der Waals surface area contributed by atoms with E-state index in [0.717, 1.165) is 24.9 Å². The van der Waals surface area contributed by atoms with Crippen LogP contribution in [0.5, 0.6) is 0 Å². The Balaban J connectivity index is 1.33. The van der Waals surface area contributed by atoms with Crippen molar-refractivity contribution in [2.24, 2.45) is 0 Å². The van der Waals surface area contributed by atoms with E-state index in [9.17, 15) is 17.6 Å². The number of aromatic nitrogens is 3. The summed E-state index contributed by atoms with van der Waals surface area (Å²) in [4.78, 5) is 19.5. The van der Waals surface area contributed by atoms with E-state index in [2.05, 4.69) is 15.2 Å². The highest BCUT2D eigenvalue weighted by molar-refractivity contribution is 7.89. The van der Waals surface area contributed by atoms with Crippen molar-refractivity contribution in [3.63, 3.8) is 0 Å². The van der Waals surface area contributed by atoms with Crippen molar-refractivity contribution >= 4 is 27.4 Å². The Bertz CT molecular complexity index is 1340. The number of carbonyl (C=O) groups is 1. The van der Waals surface area contributed by atoms with Crippen molar-refractivity contribution in [1.82, 2.24) is 24.2 Å². The molecule has 9 nitrogen and oxygen atoms in total. The summed E-state index contributed by atoms with van der Waals surface area (Å²) >= 11 is 0. The number of sulfonamides is 1. The highest BCUT2D eigenvalue weighted by atomic mass is 32.2. The van der Waals surface area contributed by atoms with Gasteiger partial charge in [0.25, 0.3) is 5.91 Å². The van der Waals surface area contributed by atoms with Gasteiger partial charge in [0.2, 0.25) is 10.0 Å². The lowest BCUT2D eigenvalue weighted by molar-refractivity contribution is 0.0916. The Labute approximate surface area is 204 Å². The third-order valence-corrected chi connectivity index (χ3v) is 8.79. The van der Waals surface area contributed by atoms with Crippen LogP contribution in [0.25, 0.3) is 5.65 Å². The molecule has 5 rings (SSSR count). The van der Waals surface area contributed by atoms with Gasteiger partial charge in [0.05, 0.1) is 18.0 Å². The summed E-state index contributed by atoms with van der Waals surface area (Å²) in [7, 11) is -3.21. The Kier molecular flexibility index (Phi) is 6.45. The fourth-order valence-electron chi connectivity index (χ4n) is 4.99. The standard InChI is InChI=1S/C24H29FN6O3S/c1-2-35(33,34)29-13-10-19(11-14-29)27-24(32)21-16-26-22-8-9-23(28-31(21)22)30-12-4-7-20(30)17-5-3-6-18(25)15-17/h3,5-6,8-9,15-16,19-20H,2,4,7,10-14H2,1H3,(H,27,32)/t20-/m1/s1. The molecule has 0 aliphatic carbocycles. The van der Waals surface area contributed by atoms with Gasteiger partial charge in [0.15, 0.2) is 11.3 Å². The summed E-state index contributed by atoms with van der Waals surface area (Å²) in [6.07, 6.45) is 4.48. The molecule has 1 aromatic carbocycles. The summed E-state index contributed by atoms with van der Waals surface area (Å²) in [5.74, 6) is 0.234. The molecule has 1 amide bonds. The number of fused-ring (bicyclic) bond motifs is 1. The van der Waals surface area contributed by atoms with E-state index in [0.29, 0.717) is 43.1 Å². The van der Waals surface area contributed by atoms with E-state index in [-0.39, 0.29) is 29.6 Å². The number of rotatable bonds is 6. The second-order valence-electron chi connectivity index (χ2n) is 9.06. The number of piperidine rings is 1. The largest absolute Gasteiger partial charge is 0.348 e.